The molecule has 3 heterocycles. The van der Waals surface area contributed by atoms with Crippen molar-refractivity contribution in [3.05, 3.63) is 52.7 Å². The molecule has 0 spiro atoms. The molecule has 7 heteroatoms. The third kappa shape index (κ3) is 4.15. The lowest BCUT2D eigenvalue weighted by Crippen LogP contribution is -2.46. The van der Waals surface area contributed by atoms with Gasteiger partial charge in [-0.1, -0.05) is 18.6 Å². The second-order valence-electron chi connectivity index (χ2n) is 9.21. The Morgan fingerprint density at radius 2 is 2.03 bits per heavy atom. The van der Waals surface area contributed by atoms with Crippen LogP contribution in [0.1, 0.15) is 61.8 Å². The SMILES string of the molecule is CNc1nc(C2CCCCN2C)nc2c1CCN(C(=O)C(C)(C)c1cccc(F)c1)C2. The molecule has 1 aromatic heterocycles. The van der Waals surface area contributed by atoms with E-state index in [1.54, 1.807) is 6.07 Å². The summed E-state index contributed by atoms with van der Waals surface area (Å²) in [7, 11) is 4.02. The van der Waals surface area contributed by atoms with Gasteiger partial charge in [-0.05, 0) is 64.4 Å². The third-order valence-electron chi connectivity index (χ3n) is 6.76. The predicted octanol–water partition coefficient (Wildman–Crippen LogP) is 3.68. The molecular formula is C24H32FN5O. The number of anilines is 1. The molecule has 0 bridgehead atoms. The van der Waals surface area contributed by atoms with E-state index in [-0.39, 0.29) is 17.8 Å². The zero-order valence-electron chi connectivity index (χ0n) is 18.9. The number of amides is 1. The number of piperidine rings is 1. The maximum atomic E-state index is 13.8. The highest BCUT2D eigenvalue weighted by Gasteiger charge is 2.37. The van der Waals surface area contributed by atoms with Crippen LogP contribution in [-0.4, -0.2) is 52.9 Å². The van der Waals surface area contributed by atoms with Gasteiger partial charge >= 0.3 is 0 Å². The number of hydrogen-bond acceptors (Lipinski definition) is 5. The van der Waals surface area contributed by atoms with Gasteiger partial charge in [0.1, 0.15) is 17.5 Å². The van der Waals surface area contributed by atoms with E-state index in [2.05, 4.69) is 17.3 Å². The number of halogens is 1. The minimum atomic E-state index is -0.815. The molecule has 1 atom stereocenters. The molecule has 2 aromatic rings. The Balaban J connectivity index is 1.62. The Kier molecular flexibility index (Phi) is 5.97. The van der Waals surface area contributed by atoms with Gasteiger partial charge in [0.05, 0.1) is 23.7 Å². The zero-order valence-corrected chi connectivity index (χ0v) is 18.9. The summed E-state index contributed by atoms with van der Waals surface area (Å²) in [5, 5.41) is 3.24. The molecule has 1 amide bonds. The molecule has 1 saturated heterocycles. The fourth-order valence-electron chi connectivity index (χ4n) is 4.78. The number of fused-ring (bicyclic) bond motifs is 1. The molecule has 1 aromatic carbocycles. The average molecular weight is 426 g/mol. The van der Waals surface area contributed by atoms with Crippen LogP contribution >= 0.6 is 0 Å². The molecule has 4 rings (SSSR count). The van der Waals surface area contributed by atoms with Crippen molar-refractivity contribution in [1.29, 1.82) is 0 Å². The molecule has 6 nitrogen and oxygen atoms in total. The summed E-state index contributed by atoms with van der Waals surface area (Å²) >= 11 is 0. The molecule has 1 unspecified atom stereocenters. The quantitative estimate of drug-likeness (QED) is 0.810. The smallest absolute Gasteiger partial charge is 0.233 e. The molecule has 1 N–H and O–H groups in total. The molecule has 0 aliphatic carbocycles. The number of carbonyl (C=O) groups is 1. The van der Waals surface area contributed by atoms with Crippen molar-refractivity contribution in [3.63, 3.8) is 0 Å². The van der Waals surface area contributed by atoms with E-state index in [1.807, 2.05) is 31.9 Å². The van der Waals surface area contributed by atoms with Gasteiger partial charge in [0, 0.05) is 19.2 Å². The highest BCUT2D eigenvalue weighted by atomic mass is 19.1. The Morgan fingerprint density at radius 3 is 2.74 bits per heavy atom. The number of benzene rings is 1. The number of likely N-dealkylation sites (tertiary alicyclic amines) is 1. The lowest BCUT2D eigenvalue weighted by Gasteiger charge is -2.36. The molecule has 0 saturated carbocycles. The minimum absolute atomic E-state index is 0.00953. The highest BCUT2D eigenvalue weighted by Crippen LogP contribution is 2.33. The van der Waals surface area contributed by atoms with Crippen molar-refractivity contribution >= 4 is 11.7 Å². The zero-order chi connectivity index (χ0) is 22.2. The monoisotopic (exact) mass is 425 g/mol. The average Bonchev–Trinajstić information content (AvgIpc) is 2.77. The Bertz CT molecular complexity index is 976. The molecule has 0 radical (unpaired) electrons. The summed E-state index contributed by atoms with van der Waals surface area (Å²) in [5.74, 6) is 1.37. The van der Waals surface area contributed by atoms with Crippen LogP contribution in [0, 0.1) is 5.82 Å². The number of aromatic nitrogens is 2. The molecule has 166 valence electrons. The van der Waals surface area contributed by atoms with Gasteiger partial charge in [-0.15, -0.1) is 0 Å². The van der Waals surface area contributed by atoms with E-state index in [1.165, 1.54) is 25.0 Å². The van der Waals surface area contributed by atoms with Crippen LogP contribution in [-0.2, 0) is 23.2 Å². The number of hydrogen-bond donors (Lipinski definition) is 1. The van der Waals surface area contributed by atoms with Gasteiger partial charge in [0.25, 0.3) is 0 Å². The van der Waals surface area contributed by atoms with Gasteiger partial charge < -0.3 is 10.2 Å². The minimum Gasteiger partial charge on any atom is -0.373 e. The van der Waals surface area contributed by atoms with Gasteiger partial charge in [0.15, 0.2) is 0 Å². The van der Waals surface area contributed by atoms with Crippen LogP contribution in [0.15, 0.2) is 24.3 Å². The van der Waals surface area contributed by atoms with Gasteiger partial charge in [-0.25, -0.2) is 14.4 Å². The van der Waals surface area contributed by atoms with Crippen molar-refractivity contribution in [3.8, 4) is 0 Å². The standard InChI is InChI=1S/C24H32FN5O/c1-24(2,16-8-7-9-17(25)14-16)23(31)30-13-11-18-19(15-30)27-22(28-21(18)26-3)20-10-5-6-12-29(20)4/h7-9,14,20H,5-6,10-13,15H2,1-4H3,(H,26,27,28). The van der Waals surface area contributed by atoms with Crippen LogP contribution in [0.2, 0.25) is 0 Å². The first-order valence-corrected chi connectivity index (χ1v) is 11.1. The first kappa shape index (κ1) is 21.7. The molecule has 1 fully saturated rings. The van der Waals surface area contributed by atoms with Crippen LogP contribution in [0.3, 0.4) is 0 Å². The lowest BCUT2D eigenvalue weighted by atomic mass is 9.82. The summed E-state index contributed by atoms with van der Waals surface area (Å²) in [4.78, 5) is 27.4. The summed E-state index contributed by atoms with van der Waals surface area (Å²) in [6.45, 7) is 5.83. The molecular weight excluding hydrogens is 393 g/mol. The second kappa shape index (κ2) is 8.54. The first-order valence-electron chi connectivity index (χ1n) is 11.1. The van der Waals surface area contributed by atoms with Crippen LogP contribution < -0.4 is 5.32 Å². The van der Waals surface area contributed by atoms with E-state index in [0.717, 1.165) is 35.9 Å². The summed E-state index contributed by atoms with van der Waals surface area (Å²) in [5.41, 5.74) is 1.89. The largest absolute Gasteiger partial charge is 0.373 e. The van der Waals surface area contributed by atoms with E-state index < -0.39 is 5.41 Å². The highest BCUT2D eigenvalue weighted by molar-refractivity contribution is 5.87. The second-order valence-corrected chi connectivity index (χ2v) is 9.21. The van der Waals surface area contributed by atoms with Gasteiger partial charge in [-0.3, -0.25) is 9.69 Å². The topological polar surface area (TPSA) is 61.4 Å². The van der Waals surface area contributed by atoms with Crippen molar-refractivity contribution in [1.82, 2.24) is 19.8 Å². The number of carbonyl (C=O) groups excluding carboxylic acids is 1. The number of rotatable bonds is 4. The van der Waals surface area contributed by atoms with E-state index in [4.69, 9.17) is 9.97 Å². The summed E-state index contributed by atoms with van der Waals surface area (Å²) < 4.78 is 13.8. The number of nitrogens with zero attached hydrogens (tertiary/aromatic N) is 4. The normalized spacial score (nSPS) is 19.8. The van der Waals surface area contributed by atoms with E-state index >= 15 is 0 Å². The maximum absolute atomic E-state index is 13.8. The van der Waals surface area contributed by atoms with Crippen LogP contribution in [0.25, 0.3) is 0 Å². The maximum Gasteiger partial charge on any atom is 0.233 e. The molecule has 31 heavy (non-hydrogen) atoms. The Labute approximate surface area is 183 Å². The van der Waals surface area contributed by atoms with E-state index in [0.29, 0.717) is 25.1 Å². The lowest BCUT2D eigenvalue weighted by molar-refractivity contribution is -0.137. The van der Waals surface area contributed by atoms with Crippen LogP contribution in [0.4, 0.5) is 10.2 Å². The Hall–Kier alpha value is -2.54. The third-order valence-corrected chi connectivity index (χ3v) is 6.76. The van der Waals surface area contributed by atoms with Crippen molar-refractivity contribution in [2.45, 2.75) is 57.5 Å². The fraction of sp³-hybridized carbons (Fsp3) is 0.542. The van der Waals surface area contributed by atoms with Gasteiger partial charge in [0.2, 0.25) is 5.91 Å². The number of nitrogens with one attached hydrogen (secondary N) is 1. The van der Waals surface area contributed by atoms with Crippen molar-refractivity contribution in [2.75, 3.05) is 32.5 Å². The molecule has 2 aliphatic heterocycles. The first-order chi connectivity index (χ1) is 14.8. The summed E-state index contributed by atoms with van der Waals surface area (Å²) in [6, 6.07) is 6.54. The van der Waals surface area contributed by atoms with Crippen molar-refractivity contribution < 1.29 is 9.18 Å². The van der Waals surface area contributed by atoms with E-state index in [9.17, 15) is 9.18 Å². The predicted molar refractivity (Wildman–Crippen MR) is 119 cm³/mol. The van der Waals surface area contributed by atoms with Gasteiger partial charge in [-0.2, -0.15) is 0 Å². The molecule has 2 aliphatic rings. The van der Waals surface area contributed by atoms with Crippen molar-refractivity contribution in [2.24, 2.45) is 0 Å². The fourth-order valence-corrected chi connectivity index (χ4v) is 4.78. The van der Waals surface area contributed by atoms with Crippen LogP contribution in [0.5, 0.6) is 0 Å². The Morgan fingerprint density at radius 1 is 1.23 bits per heavy atom. The summed E-state index contributed by atoms with van der Waals surface area (Å²) in [6.07, 6.45) is 4.13.